The SMILES string of the molecule is Fc1ccc(Nc2cc(N3CCCC3)ncn2)cc1. The molecule has 5 heteroatoms. The Labute approximate surface area is 111 Å². The molecule has 2 aromatic rings. The van der Waals surface area contributed by atoms with E-state index in [-0.39, 0.29) is 5.82 Å². The molecule has 4 nitrogen and oxygen atoms in total. The first-order valence-electron chi connectivity index (χ1n) is 6.41. The molecule has 1 aliphatic rings. The van der Waals surface area contributed by atoms with Crippen molar-refractivity contribution in [2.24, 2.45) is 0 Å². The molecule has 2 heterocycles. The lowest BCUT2D eigenvalue weighted by molar-refractivity contribution is 0.628. The van der Waals surface area contributed by atoms with E-state index in [0.717, 1.165) is 30.4 Å². The van der Waals surface area contributed by atoms with Gasteiger partial charge in [0.05, 0.1) is 0 Å². The van der Waals surface area contributed by atoms with Gasteiger partial charge in [-0.05, 0) is 37.1 Å². The highest BCUT2D eigenvalue weighted by Gasteiger charge is 2.13. The van der Waals surface area contributed by atoms with E-state index in [1.54, 1.807) is 18.5 Å². The van der Waals surface area contributed by atoms with Crippen LogP contribution in [-0.4, -0.2) is 23.1 Å². The lowest BCUT2D eigenvalue weighted by atomic mass is 10.3. The number of hydrogen-bond acceptors (Lipinski definition) is 4. The largest absolute Gasteiger partial charge is 0.356 e. The maximum absolute atomic E-state index is 12.8. The fraction of sp³-hybridized carbons (Fsp3) is 0.286. The van der Waals surface area contributed by atoms with Crippen LogP contribution in [0.15, 0.2) is 36.7 Å². The quantitative estimate of drug-likeness (QED) is 0.919. The molecular weight excluding hydrogens is 243 g/mol. The normalized spacial score (nSPS) is 14.7. The van der Waals surface area contributed by atoms with Crippen molar-refractivity contribution in [1.82, 2.24) is 9.97 Å². The van der Waals surface area contributed by atoms with Gasteiger partial charge in [0.15, 0.2) is 0 Å². The molecule has 0 radical (unpaired) electrons. The van der Waals surface area contributed by atoms with Crippen LogP contribution in [0.4, 0.5) is 21.7 Å². The van der Waals surface area contributed by atoms with Gasteiger partial charge in [-0.2, -0.15) is 0 Å². The van der Waals surface area contributed by atoms with Gasteiger partial charge in [0.2, 0.25) is 0 Å². The molecule has 1 aromatic carbocycles. The van der Waals surface area contributed by atoms with Gasteiger partial charge in [0.25, 0.3) is 0 Å². The molecular formula is C14H15FN4. The summed E-state index contributed by atoms with van der Waals surface area (Å²) >= 11 is 0. The number of halogens is 1. The topological polar surface area (TPSA) is 41.0 Å². The fourth-order valence-electron chi connectivity index (χ4n) is 2.22. The molecule has 98 valence electrons. The maximum atomic E-state index is 12.8. The zero-order valence-electron chi connectivity index (χ0n) is 10.5. The van der Waals surface area contributed by atoms with Crippen LogP contribution in [-0.2, 0) is 0 Å². The van der Waals surface area contributed by atoms with E-state index in [0.29, 0.717) is 0 Å². The molecule has 3 rings (SSSR count). The lowest BCUT2D eigenvalue weighted by Gasteiger charge is -2.16. The summed E-state index contributed by atoms with van der Waals surface area (Å²) < 4.78 is 12.8. The second-order valence-corrected chi connectivity index (χ2v) is 4.59. The van der Waals surface area contributed by atoms with E-state index in [1.807, 2.05) is 6.07 Å². The average Bonchev–Trinajstić information content (AvgIpc) is 2.96. The zero-order valence-corrected chi connectivity index (χ0v) is 10.5. The molecule has 0 saturated carbocycles. The molecule has 1 fully saturated rings. The Balaban J connectivity index is 1.77. The standard InChI is InChI=1S/C14H15FN4/c15-11-3-5-12(6-4-11)18-13-9-14(17-10-16-13)19-7-1-2-8-19/h3-6,9-10H,1-2,7-8H2,(H,16,17,18). The first-order valence-corrected chi connectivity index (χ1v) is 6.41. The Kier molecular flexibility index (Phi) is 3.27. The van der Waals surface area contributed by atoms with Gasteiger partial charge in [-0.15, -0.1) is 0 Å². The number of anilines is 3. The third kappa shape index (κ3) is 2.81. The summed E-state index contributed by atoms with van der Waals surface area (Å²) in [5, 5.41) is 3.15. The number of nitrogens with zero attached hydrogens (tertiary/aromatic N) is 3. The fourth-order valence-corrected chi connectivity index (χ4v) is 2.22. The van der Waals surface area contributed by atoms with Crippen molar-refractivity contribution in [2.45, 2.75) is 12.8 Å². The summed E-state index contributed by atoms with van der Waals surface area (Å²) in [6.45, 7) is 2.10. The Morgan fingerprint density at radius 1 is 1.05 bits per heavy atom. The van der Waals surface area contributed by atoms with Gasteiger partial charge < -0.3 is 10.2 Å². The molecule has 1 saturated heterocycles. The van der Waals surface area contributed by atoms with Gasteiger partial charge in [0.1, 0.15) is 23.8 Å². The van der Waals surface area contributed by atoms with Crippen LogP contribution in [0.3, 0.4) is 0 Å². The minimum absolute atomic E-state index is 0.244. The second-order valence-electron chi connectivity index (χ2n) is 4.59. The molecule has 19 heavy (non-hydrogen) atoms. The summed E-state index contributed by atoms with van der Waals surface area (Å²) in [6, 6.07) is 8.14. The summed E-state index contributed by atoms with van der Waals surface area (Å²) in [6.07, 6.45) is 3.98. The van der Waals surface area contributed by atoms with Gasteiger partial charge in [-0.1, -0.05) is 0 Å². The Morgan fingerprint density at radius 2 is 1.79 bits per heavy atom. The number of rotatable bonds is 3. The summed E-state index contributed by atoms with van der Waals surface area (Å²) in [7, 11) is 0. The number of hydrogen-bond donors (Lipinski definition) is 1. The van der Waals surface area contributed by atoms with E-state index >= 15 is 0 Å². The smallest absolute Gasteiger partial charge is 0.135 e. The van der Waals surface area contributed by atoms with E-state index in [1.165, 1.54) is 25.0 Å². The molecule has 1 aliphatic heterocycles. The number of nitrogens with one attached hydrogen (secondary N) is 1. The third-order valence-electron chi connectivity index (χ3n) is 3.20. The van der Waals surface area contributed by atoms with Crippen molar-refractivity contribution in [3.8, 4) is 0 Å². The minimum atomic E-state index is -0.244. The number of aromatic nitrogens is 2. The van der Waals surface area contributed by atoms with Gasteiger partial charge in [0, 0.05) is 24.8 Å². The second kappa shape index (κ2) is 5.22. The van der Waals surface area contributed by atoms with E-state index in [4.69, 9.17) is 0 Å². The molecule has 0 unspecified atom stereocenters. The summed E-state index contributed by atoms with van der Waals surface area (Å²) in [5.74, 6) is 1.42. The van der Waals surface area contributed by atoms with Crippen molar-refractivity contribution in [2.75, 3.05) is 23.3 Å². The monoisotopic (exact) mass is 258 g/mol. The predicted molar refractivity (Wildman–Crippen MR) is 73.2 cm³/mol. The van der Waals surface area contributed by atoms with Crippen LogP contribution in [0.1, 0.15) is 12.8 Å². The van der Waals surface area contributed by atoms with E-state index in [9.17, 15) is 4.39 Å². The average molecular weight is 258 g/mol. The third-order valence-corrected chi connectivity index (χ3v) is 3.20. The molecule has 0 spiro atoms. The number of benzene rings is 1. The lowest BCUT2D eigenvalue weighted by Crippen LogP contribution is -2.19. The van der Waals surface area contributed by atoms with Crippen molar-refractivity contribution in [3.05, 3.63) is 42.5 Å². The predicted octanol–water partition coefficient (Wildman–Crippen LogP) is 2.96. The molecule has 0 amide bonds. The minimum Gasteiger partial charge on any atom is -0.356 e. The first kappa shape index (κ1) is 11.9. The van der Waals surface area contributed by atoms with Crippen molar-refractivity contribution in [1.29, 1.82) is 0 Å². The highest BCUT2D eigenvalue weighted by atomic mass is 19.1. The molecule has 0 atom stereocenters. The van der Waals surface area contributed by atoms with Crippen LogP contribution in [0.5, 0.6) is 0 Å². The van der Waals surface area contributed by atoms with E-state index in [2.05, 4.69) is 20.2 Å². The molecule has 1 aromatic heterocycles. The Morgan fingerprint density at radius 3 is 2.53 bits per heavy atom. The van der Waals surface area contributed by atoms with Crippen LogP contribution in [0.25, 0.3) is 0 Å². The highest BCUT2D eigenvalue weighted by Crippen LogP contribution is 2.21. The first-order chi connectivity index (χ1) is 9.31. The van der Waals surface area contributed by atoms with Crippen molar-refractivity contribution in [3.63, 3.8) is 0 Å². The van der Waals surface area contributed by atoms with Crippen LogP contribution >= 0.6 is 0 Å². The maximum Gasteiger partial charge on any atom is 0.135 e. The molecule has 0 aliphatic carbocycles. The van der Waals surface area contributed by atoms with Crippen molar-refractivity contribution >= 4 is 17.3 Å². The Hall–Kier alpha value is -2.17. The van der Waals surface area contributed by atoms with Crippen LogP contribution in [0.2, 0.25) is 0 Å². The van der Waals surface area contributed by atoms with Gasteiger partial charge in [-0.3, -0.25) is 0 Å². The zero-order chi connectivity index (χ0) is 13.1. The van der Waals surface area contributed by atoms with Crippen LogP contribution < -0.4 is 10.2 Å². The van der Waals surface area contributed by atoms with E-state index < -0.39 is 0 Å². The summed E-state index contributed by atoms with van der Waals surface area (Å²) in [4.78, 5) is 10.7. The Bertz CT molecular complexity index is 550. The molecule has 1 N–H and O–H groups in total. The molecule has 0 bridgehead atoms. The van der Waals surface area contributed by atoms with Gasteiger partial charge in [-0.25, -0.2) is 14.4 Å². The summed E-state index contributed by atoms with van der Waals surface area (Å²) in [5.41, 5.74) is 0.812. The highest BCUT2D eigenvalue weighted by molar-refractivity contribution is 5.59. The van der Waals surface area contributed by atoms with Crippen LogP contribution in [0, 0.1) is 5.82 Å². The van der Waals surface area contributed by atoms with Crippen molar-refractivity contribution < 1.29 is 4.39 Å². The van der Waals surface area contributed by atoms with Gasteiger partial charge >= 0.3 is 0 Å².